The Kier molecular flexibility index (Phi) is 6.51. The van der Waals surface area contributed by atoms with Gasteiger partial charge in [-0.15, -0.1) is 0 Å². The molecule has 0 radical (unpaired) electrons. The van der Waals surface area contributed by atoms with Gasteiger partial charge in [0, 0.05) is 11.6 Å². The van der Waals surface area contributed by atoms with E-state index in [-0.39, 0.29) is 28.8 Å². The Morgan fingerprint density at radius 3 is 2.52 bits per heavy atom. The van der Waals surface area contributed by atoms with Gasteiger partial charge in [0.25, 0.3) is 5.91 Å². The van der Waals surface area contributed by atoms with E-state index in [0.717, 1.165) is 0 Å². The van der Waals surface area contributed by atoms with Gasteiger partial charge >= 0.3 is 5.97 Å². The van der Waals surface area contributed by atoms with Gasteiger partial charge < -0.3 is 19.1 Å². The third kappa shape index (κ3) is 4.64. The second-order valence-electron chi connectivity index (χ2n) is 7.15. The smallest absolute Gasteiger partial charge is 0.348 e. The number of benzene rings is 2. The van der Waals surface area contributed by atoms with Crippen LogP contribution in [-0.2, 0) is 19.6 Å². The Bertz CT molecular complexity index is 1100. The van der Waals surface area contributed by atoms with Crippen molar-refractivity contribution in [3.05, 3.63) is 48.0 Å². The number of hydrogen-bond acceptors (Lipinski definition) is 7. The average Bonchev–Trinajstić information content (AvgIpc) is 2.75. The first kappa shape index (κ1) is 22.6. The number of hydrogen-bond donors (Lipinski definition) is 1. The third-order valence-corrected chi connectivity index (χ3v) is 6.25. The molecule has 1 atom stereocenters. The highest BCUT2D eigenvalue weighted by molar-refractivity contribution is 7.89. The van der Waals surface area contributed by atoms with Crippen molar-refractivity contribution in [2.45, 2.75) is 30.9 Å². The highest BCUT2D eigenvalue weighted by atomic mass is 32.2. The summed E-state index contributed by atoms with van der Waals surface area (Å²) in [6.45, 7) is 3.30. The van der Waals surface area contributed by atoms with E-state index in [0.29, 0.717) is 11.4 Å². The zero-order valence-electron chi connectivity index (χ0n) is 17.6. The number of anilines is 1. The summed E-state index contributed by atoms with van der Waals surface area (Å²) < 4.78 is 43.6. The van der Waals surface area contributed by atoms with Gasteiger partial charge in [-0.05, 0) is 44.2 Å². The van der Waals surface area contributed by atoms with Crippen molar-refractivity contribution in [2.75, 3.05) is 25.7 Å². The molecular weight excluding hydrogens is 424 g/mol. The van der Waals surface area contributed by atoms with Gasteiger partial charge in [-0.25, -0.2) is 17.9 Å². The normalized spacial score (nSPS) is 15.8. The number of methoxy groups -OCH3 is 2. The fourth-order valence-electron chi connectivity index (χ4n) is 3.23. The summed E-state index contributed by atoms with van der Waals surface area (Å²) in [4.78, 5) is 26.7. The number of amides is 1. The van der Waals surface area contributed by atoms with E-state index in [1.54, 1.807) is 38.1 Å². The summed E-state index contributed by atoms with van der Waals surface area (Å²) in [5.74, 6) is -0.653. The summed E-state index contributed by atoms with van der Waals surface area (Å²) in [5, 5.41) is 0. The lowest BCUT2D eigenvalue weighted by atomic mass is 10.1. The van der Waals surface area contributed by atoms with Crippen LogP contribution in [0.25, 0.3) is 0 Å². The van der Waals surface area contributed by atoms with Crippen LogP contribution in [0, 0.1) is 0 Å². The lowest BCUT2D eigenvalue weighted by molar-refractivity contribution is -0.148. The molecule has 3 rings (SSSR count). The van der Waals surface area contributed by atoms with Crippen LogP contribution in [0.3, 0.4) is 0 Å². The lowest BCUT2D eigenvalue weighted by Gasteiger charge is -2.33. The van der Waals surface area contributed by atoms with Gasteiger partial charge in [0.05, 0.1) is 26.5 Å². The highest BCUT2D eigenvalue weighted by Crippen LogP contribution is 2.35. The quantitative estimate of drug-likeness (QED) is 0.673. The van der Waals surface area contributed by atoms with Crippen molar-refractivity contribution in [1.82, 2.24) is 4.72 Å². The molecule has 1 N–H and O–H groups in total. The molecule has 31 heavy (non-hydrogen) atoms. The SMILES string of the molecule is COC(=O)[C@H]1CN(C(=O)c2ccc(OC)c(S(=O)(=O)NC(C)C)c2)c2ccccc2O1. The van der Waals surface area contributed by atoms with Crippen molar-refractivity contribution in [3.8, 4) is 11.5 Å². The van der Waals surface area contributed by atoms with E-state index >= 15 is 0 Å². The van der Waals surface area contributed by atoms with Crippen molar-refractivity contribution < 1.29 is 32.2 Å². The van der Waals surface area contributed by atoms with Crippen LogP contribution in [0.5, 0.6) is 11.5 Å². The summed E-state index contributed by atoms with van der Waals surface area (Å²) in [6, 6.07) is 10.6. The number of carbonyl (C=O) groups is 2. The highest BCUT2D eigenvalue weighted by Gasteiger charge is 2.35. The molecule has 1 amide bonds. The van der Waals surface area contributed by atoms with Gasteiger partial charge in [0.1, 0.15) is 16.4 Å². The van der Waals surface area contributed by atoms with Gasteiger partial charge in [-0.1, -0.05) is 12.1 Å². The first-order chi connectivity index (χ1) is 14.7. The van der Waals surface area contributed by atoms with Crippen molar-refractivity contribution >= 4 is 27.6 Å². The van der Waals surface area contributed by atoms with E-state index in [9.17, 15) is 18.0 Å². The number of nitrogens with one attached hydrogen (secondary N) is 1. The van der Waals surface area contributed by atoms with Crippen molar-refractivity contribution in [2.24, 2.45) is 0 Å². The first-order valence-corrected chi connectivity index (χ1v) is 11.0. The standard InChI is InChI=1S/C21H24N2O7S/c1-13(2)22-31(26,27)19-11-14(9-10-17(19)28-3)20(24)23-12-18(21(25)29-4)30-16-8-6-5-7-15(16)23/h5-11,13,18,22H,12H2,1-4H3/t18-/m1/s1. The summed E-state index contributed by atoms with van der Waals surface area (Å²) in [6.07, 6.45) is -1.01. The molecular formula is C21H24N2O7S. The van der Waals surface area contributed by atoms with E-state index in [1.165, 1.54) is 37.3 Å². The molecule has 9 nitrogen and oxygen atoms in total. The monoisotopic (exact) mass is 448 g/mol. The fraction of sp³-hybridized carbons (Fsp3) is 0.333. The zero-order chi connectivity index (χ0) is 22.8. The summed E-state index contributed by atoms with van der Waals surface area (Å²) >= 11 is 0. The molecule has 1 aliphatic heterocycles. The number of sulfonamides is 1. The Balaban J connectivity index is 2.04. The summed E-state index contributed by atoms with van der Waals surface area (Å²) in [5.41, 5.74) is 0.582. The van der Waals surface area contributed by atoms with Crippen LogP contribution >= 0.6 is 0 Å². The maximum atomic E-state index is 13.4. The molecule has 2 aromatic rings. The van der Waals surface area contributed by atoms with Crippen molar-refractivity contribution in [3.63, 3.8) is 0 Å². The lowest BCUT2D eigenvalue weighted by Crippen LogP contribution is -2.47. The summed E-state index contributed by atoms with van der Waals surface area (Å²) in [7, 11) is -1.33. The molecule has 0 bridgehead atoms. The molecule has 1 heterocycles. The molecule has 1 aliphatic rings. The Morgan fingerprint density at radius 2 is 1.87 bits per heavy atom. The Morgan fingerprint density at radius 1 is 1.16 bits per heavy atom. The number of carbonyl (C=O) groups excluding carboxylic acids is 2. The predicted molar refractivity (Wildman–Crippen MR) is 113 cm³/mol. The minimum Gasteiger partial charge on any atom is -0.495 e. The largest absolute Gasteiger partial charge is 0.495 e. The number of nitrogens with zero attached hydrogens (tertiary/aromatic N) is 1. The van der Waals surface area contributed by atoms with E-state index in [1.807, 2.05) is 0 Å². The van der Waals surface area contributed by atoms with Crippen molar-refractivity contribution in [1.29, 1.82) is 0 Å². The van der Waals surface area contributed by atoms with E-state index in [4.69, 9.17) is 14.2 Å². The third-order valence-electron chi connectivity index (χ3n) is 4.57. The van der Waals surface area contributed by atoms with Gasteiger partial charge in [0.2, 0.25) is 16.1 Å². The number of esters is 1. The predicted octanol–water partition coefficient (Wildman–Crippen LogP) is 1.96. The molecule has 0 saturated carbocycles. The maximum Gasteiger partial charge on any atom is 0.348 e. The van der Waals surface area contributed by atoms with E-state index < -0.39 is 28.0 Å². The van der Waals surface area contributed by atoms with Gasteiger partial charge in [0.15, 0.2) is 0 Å². The molecule has 2 aromatic carbocycles. The minimum absolute atomic E-state index is 0.0825. The van der Waals surface area contributed by atoms with Crippen LogP contribution < -0.4 is 19.1 Å². The fourth-order valence-corrected chi connectivity index (χ4v) is 4.68. The van der Waals surface area contributed by atoms with Gasteiger partial charge in [-0.2, -0.15) is 0 Å². The molecule has 166 valence electrons. The molecule has 10 heteroatoms. The molecule has 0 saturated heterocycles. The van der Waals surface area contributed by atoms with E-state index in [2.05, 4.69) is 4.72 Å². The first-order valence-electron chi connectivity index (χ1n) is 9.53. The average molecular weight is 448 g/mol. The minimum atomic E-state index is -3.92. The van der Waals surface area contributed by atoms with Crippen LogP contribution in [0.1, 0.15) is 24.2 Å². The number of ether oxygens (including phenoxy) is 3. The Hall–Kier alpha value is -3.11. The topological polar surface area (TPSA) is 111 Å². The molecule has 0 unspecified atom stereocenters. The van der Waals surface area contributed by atoms with Crippen LogP contribution in [-0.4, -0.2) is 53.2 Å². The van der Waals surface area contributed by atoms with Gasteiger partial charge in [-0.3, -0.25) is 4.79 Å². The second-order valence-corrected chi connectivity index (χ2v) is 8.84. The molecule has 0 fully saturated rings. The Labute approximate surface area is 181 Å². The zero-order valence-corrected chi connectivity index (χ0v) is 18.4. The molecule has 0 spiro atoms. The maximum absolute atomic E-state index is 13.4. The molecule has 0 aromatic heterocycles. The molecule has 0 aliphatic carbocycles. The number of rotatable bonds is 6. The van der Waals surface area contributed by atoms with Crippen LogP contribution in [0.15, 0.2) is 47.4 Å². The second kappa shape index (κ2) is 8.94. The number of para-hydroxylation sites is 2. The van der Waals surface area contributed by atoms with Crippen LogP contribution in [0.2, 0.25) is 0 Å². The number of fused-ring (bicyclic) bond motifs is 1. The van der Waals surface area contributed by atoms with Crippen LogP contribution in [0.4, 0.5) is 5.69 Å².